The highest BCUT2D eigenvalue weighted by Gasteiger charge is 2.32. The van der Waals surface area contributed by atoms with Gasteiger partial charge in [-0.3, -0.25) is 10.2 Å². The van der Waals surface area contributed by atoms with Gasteiger partial charge in [0, 0.05) is 0 Å². The van der Waals surface area contributed by atoms with Crippen molar-refractivity contribution >= 4 is 18.1 Å². The zero-order chi connectivity index (χ0) is 19.0. The van der Waals surface area contributed by atoms with Crippen molar-refractivity contribution in [3.63, 3.8) is 0 Å². The number of nitrogens with one attached hydrogen (secondary N) is 3. The van der Waals surface area contributed by atoms with Gasteiger partial charge in [-0.25, -0.2) is 15.0 Å². The molecule has 0 heterocycles. The third-order valence-corrected chi connectivity index (χ3v) is 3.96. The minimum Gasteiger partial charge on any atom is -0.464 e. The normalized spacial score (nSPS) is 17.9. The lowest BCUT2D eigenvalue weighted by Gasteiger charge is -2.30. The summed E-state index contributed by atoms with van der Waals surface area (Å²) < 4.78 is 5.18. The van der Waals surface area contributed by atoms with Crippen LogP contribution in [0, 0.1) is 5.92 Å². The van der Waals surface area contributed by atoms with Crippen molar-refractivity contribution in [3.8, 4) is 0 Å². The molecule has 0 aromatic rings. The number of rotatable bonds is 5. The number of aliphatic hydroxyl groups excluding tert-OH is 1. The molecule has 0 aliphatic heterocycles. The van der Waals surface area contributed by atoms with Crippen molar-refractivity contribution in [1.29, 1.82) is 0 Å². The van der Waals surface area contributed by atoms with Gasteiger partial charge < -0.3 is 20.3 Å². The van der Waals surface area contributed by atoms with E-state index in [-0.39, 0.29) is 5.92 Å². The maximum Gasteiger partial charge on any atom is 0.423 e. The molecule has 0 aromatic carbocycles. The first-order chi connectivity index (χ1) is 11.6. The number of carboxylic acid groups (broad SMARTS) is 1. The molecular weight excluding hydrogens is 330 g/mol. The van der Waals surface area contributed by atoms with E-state index in [2.05, 4.69) is 5.32 Å². The summed E-state index contributed by atoms with van der Waals surface area (Å²) >= 11 is 0. The molecule has 25 heavy (non-hydrogen) atoms. The Labute approximate surface area is 147 Å². The molecule has 1 aliphatic rings. The van der Waals surface area contributed by atoms with E-state index in [1.54, 1.807) is 26.2 Å². The number of hydrogen-bond acceptors (Lipinski definition) is 5. The number of alkyl carbamates (subject to hydrolysis) is 1. The molecule has 0 spiro atoms. The molecular formula is C16H29N3O6. The van der Waals surface area contributed by atoms with Gasteiger partial charge in [0.2, 0.25) is 0 Å². The van der Waals surface area contributed by atoms with Crippen LogP contribution in [0.2, 0.25) is 0 Å². The Bertz CT molecular complexity index is 471. The molecule has 3 amide bonds. The van der Waals surface area contributed by atoms with Gasteiger partial charge >= 0.3 is 12.2 Å². The van der Waals surface area contributed by atoms with Gasteiger partial charge in [0.05, 0.1) is 6.04 Å². The lowest BCUT2D eigenvalue weighted by molar-refractivity contribution is -0.131. The largest absolute Gasteiger partial charge is 0.464 e. The number of aliphatic hydroxyl groups is 1. The molecule has 9 nitrogen and oxygen atoms in total. The average molecular weight is 359 g/mol. The number of ether oxygens (including phenoxy) is 1. The summed E-state index contributed by atoms with van der Waals surface area (Å²) in [4.78, 5) is 34.4. The second kappa shape index (κ2) is 9.45. The predicted molar refractivity (Wildman–Crippen MR) is 89.7 cm³/mol. The van der Waals surface area contributed by atoms with Crippen LogP contribution in [0.3, 0.4) is 0 Å². The van der Waals surface area contributed by atoms with E-state index in [0.29, 0.717) is 6.42 Å². The highest BCUT2D eigenvalue weighted by Crippen LogP contribution is 2.28. The summed E-state index contributed by atoms with van der Waals surface area (Å²) in [5, 5.41) is 21.3. The third-order valence-electron chi connectivity index (χ3n) is 3.96. The Morgan fingerprint density at radius 2 is 1.72 bits per heavy atom. The number of hydrazine groups is 1. The minimum absolute atomic E-state index is 0.281. The molecule has 0 bridgehead atoms. The molecule has 1 saturated carbocycles. The van der Waals surface area contributed by atoms with E-state index in [0.717, 1.165) is 32.1 Å². The van der Waals surface area contributed by atoms with Crippen LogP contribution in [0.5, 0.6) is 0 Å². The molecule has 144 valence electrons. The number of carbonyl (C=O) groups is 3. The Morgan fingerprint density at radius 3 is 2.24 bits per heavy atom. The number of carbonyl (C=O) groups excluding carboxylic acids is 2. The predicted octanol–water partition coefficient (Wildman–Crippen LogP) is 1.51. The first-order valence-electron chi connectivity index (χ1n) is 8.55. The van der Waals surface area contributed by atoms with Crippen molar-refractivity contribution in [1.82, 2.24) is 16.2 Å². The monoisotopic (exact) mass is 359 g/mol. The molecule has 1 aliphatic carbocycles. The third kappa shape index (κ3) is 8.57. The molecule has 1 rings (SSSR count). The van der Waals surface area contributed by atoms with Crippen LogP contribution in [0.25, 0.3) is 0 Å². The van der Waals surface area contributed by atoms with Crippen LogP contribution >= 0.6 is 0 Å². The average Bonchev–Trinajstić information content (AvgIpc) is 2.50. The van der Waals surface area contributed by atoms with Gasteiger partial charge in [-0.05, 0) is 33.1 Å². The second-order valence-corrected chi connectivity index (χ2v) is 7.36. The van der Waals surface area contributed by atoms with E-state index < -0.39 is 35.8 Å². The molecule has 0 radical (unpaired) electrons. The van der Waals surface area contributed by atoms with Crippen molar-refractivity contribution in [2.45, 2.75) is 77.0 Å². The molecule has 0 saturated heterocycles. The van der Waals surface area contributed by atoms with Crippen LogP contribution in [0.4, 0.5) is 9.59 Å². The van der Waals surface area contributed by atoms with Gasteiger partial charge in [0.15, 0.2) is 6.10 Å². The lowest BCUT2D eigenvalue weighted by atomic mass is 9.83. The smallest absolute Gasteiger partial charge is 0.423 e. The quantitative estimate of drug-likeness (QED) is 0.472. The maximum atomic E-state index is 12.0. The van der Waals surface area contributed by atoms with E-state index in [9.17, 15) is 19.5 Å². The van der Waals surface area contributed by atoms with E-state index in [1.807, 2.05) is 5.43 Å². The summed E-state index contributed by atoms with van der Waals surface area (Å²) in [6, 6.07) is -0.867. The summed E-state index contributed by atoms with van der Waals surface area (Å²) in [6.45, 7) is 5.13. The second-order valence-electron chi connectivity index (χ2n) is 7.36. The summed E-state index contributed by atoms with van der Waals surface area (Å²) in [5.74, 6) is -0.650. The van der Waals surface area contributed by atoms with Crippen LogP contribution in [-0.2, 0) is 9.53 Å². The van der Waals surface area contributed by atoms with Gasteiger partial charge in [-0.1, -0.05) is 32.1 Å². The standard InChI is InChI=1S/C16H29N3O6/c1-16(2,3)25-15(24)17-11(9-10-7-5-4-6-8-10)12(20)13(21)18-19-14(22)23/h10-12,19-20H,4-9H2,1-3H3,(H,17,24)(H,18,21)(H,22,23)/t11-,12?/m1/s1. The maximum absolute atomic E-state index is 12.0. The van der Waals surface area contributed by atoms with Gasteiger partial charge in [0.25, 0.3) is 5.91 Å². The highest BCUT2D eigenvalue weighted by molar-refractivity contribution is 5.83. The zero-order valence-electron chi connectivity index (χ0n) is 15.0. The minimum atomic E-state index is -1.60. The van der Waals surface area contributed by atoms with Gasteiger partial charge in [-0.2, -0.15) is 0 Å². The van der Waals surface area contributed by atoms with Crippen LogP contribution in [0.1, 0.15) is 59.3 Å². The summed E-state index contributed by atoms with van der Waals surface area (Å²) in [7, 11) is 0. The first kappa shape index (κ1) is 21.0. The molecule has 2 atom stereocenters. The Balaban J connectivity index is 2.72. The Morgan fingerprint density at radius 1 is 1.12 bits per heavy atom. The SMILES string of the molecule is CC(C)(C)OC(=O)N[C@H](CC1CCCCC1)C(O)C(=O)NNC(=O)O. The van der Waals surface area contributed by atoms with Crippen molar-refractivity contribution in [2.75, 3.05) is 0 Å². The van der Waals surface area contributed by atoms with Crippen molar-refractivity contribution in [2.24, 2.45) is 5.92 Å². The van der Waals surface area contributed by atoms with E-state index in [4.69, 9.17) is 9.84 Å². The van der Waals surface area contributed by atoms with Gasteiger partial charge in [0.1, 0.15) is 5.60 Å². The molecule has 5 N–H and O–H groups in total. The fraction of sp³-hybridized carbons (Fsp3) is 0.812. The number of hydrogen-bond donors (Lipinski definition) is 5. The highest BCUT2D eigenvalue weighted by atomic mass is 16.6. The van der Waals surface area contributed by atoms with Crippen molar-refractivity contribution < 1.29 is 29.3 Å². The molecule has 1 unspecified atom stereocenters. The van der Waals surface area contributed by atoms with E-state index in [1.165, 1.54) is 0 Å². The fourth-order valence-corrected chi connectivity index (χ4v) is 2.88. The first-order valence-corrected chi connectivity index (χ1v) is 8.55. The topological polar surface area (TPSA) is 137 Å². The Hall–Kier alpha value is -2.03. The lowest BCUT2D eigenvalue weighted by Crippen LogP contribution is -2.55. The van der Waals surface area contributed by atoms with Crippen molar-refractivity contribution in [3.05, 3.63) is 0 Å². The molecule has 0 aromatic heterocycles. The van der Waals surface area contributed by atoms with Crippen LogP contribution < -0.4 is 16.2 Å². The number of amides is 3. The van der Waals surface area contributed by atoms with Crippen LogP contribution in [-0.4, -0.2) is 46.1 Å². The summed E-state index contributed by atoms with van der Waals surface area (Å²) in [5.41, 5.74) is 2.87. The van der Waals surface area contributed by atoms with Crippen LogP contribution in [0.15, 0.2) is 0 Å². The zero-order valence-corrected chi connectivity index (χ0v) is 15.0. The fourth-order valence-electron chi connectivity index (χ4n) is 2.88. The van der Waals surface area contributed by atoms with E-state index >= 15 is 0 Å². The Kier molecular flexibility index (Phi) is 7.95. The van der Waals surface area contributed by atoms with Gasteiger partial charge in [-0.15, -0.1) is 0 Å². The molecule has 9 heteroatoms. The summed E-state index contributed by atoms with van der Waals surface area (Å²) in [6.07, 6.45) is 1.88. The molecule has 1 fully saturated rings.